The molecule has 1 heterocycles. The molecule has 6 nitrogen and oxygen atoms in total. The summed E-state index contributed by atoms with van der Waals surface area (Å²) >= 11 is 5.03. The first-order valence-electron chi connectivity index (χ1n) is 5.28. The molecule has 0 spiro atoms. The molecular weight excluding hydrogens is 242 g/mol. The van der Waals surface area contributed by atoms with Crippen molar-refractivity contribution in [1.82, 2.24) is 9.97 Å². The van der Waals surface area contributed by atoms with Gasteiger partial charge in [0.25, 0.3) is 0 Å². The number of nitrogens with one attached hydrogen (secondary N) is 2. The largest absolute Gasteiger partial charge is 0.394 e. The molecule has 0 aliphatic carbocycles. The minimum absolute atomic E-state index is 0.0374. The van der Waals surface area contributed by atoms with E-state index in [0.29, 0.717) is 36.8 Å². The van der Waals surface area contributed by atoms with E-state index in [1.165, 1.54) is 0 Å². The normalized spacial score (nSPS) is 10.5. The number of nitrogens with zero attached hydrogens (tertiary/aromatic N) is 1. The highest BCUT2D eigenvalue weighted by Crippen LogP contribution is 2.04. The van der Waals surface area contributed by atoms with Crippen LogP contribution in [-0.4, -0.2) is 48.5 Å². The predicted octanol–water partition coefficient (Wildman–Crippen LogP) is 0.706. The summed E-state index contributed by atoms with van der Waals surface area (Å²) in [4.78, 5) is 7.17. The Morgan fingerprint density at radius 1 is 1.53 bits per heavy atom. The van der Waals surface area contributed by atoms with E-state index < -0.39 is 0 Å². The van der Waals surface area contributed by atoms with Crippen LogP contribution >= 0.6 is 12.2 Å². The minimum atomic E-state index is 0.0374. The molecule has 0 saturated carbocycles. The highest BCUT2D eigenvalue weighted by atomic mass is 32.1. The fourth-order valence-electron chi connectivity index (χ4n) is 1.23. The van der Waals surface area contributed by atoms with Crippen LogP contribution in [0.5, 0.6) is 0 Å². The van der Waals surface area contributed by atoms with Crippen molar-refractivity contribution < 1.29 is 14.6 Å². The van der Waals surface area contributed by atoms with Crippen molar-refractivity contribution in [2.75, 3.05) is 38.8 Å². The maximum absolute atomic E-state index is 8.53. The molecular formula is C10H17N3O3S. The zero-order chi connectivity index (χ0) is 12.5. The number of aromatic amines is 1. The average molecular weight is 259 g/mol. The second-order valence-corrected chi connectivity index (χ2v) is 3.69. The van der Waals surface area contributed by atoms with E-state index in [2.05, 4.69) is 15.3 Å². The molecule has 0 fully saturated rings. The smallest absolute Gasteiger partial charge is 0.135 e. The van der Waals surface area contributed by atoms with Crippen LogP contribution in [0.25, 0.3) is 0 Å². The summed E-state index contributed by atoms with van der Waals surface area (Å²) in [6.07, 6.45) is 0. The second-order valence-electron chi connectivity index (χ2n) is 3.28. The van der Waals surface area contributed by atoms with Crippen LogP contribution in [-0.2, 0) is 16.1 Å². The summed E-state index contributed by atoms with van der Waals surface area (Å²) in [7, 11) is 1.60. The Labute approximate surface area is 105 Å². The first-order valence-corrected chi connectivity index (χ1v) is 5.68. The van der Waals surface area contributed by atoms with Gasteiger partial charge in [0.15, 0.2) is 0 Å². The second kappa shape index (κ2) is 8.13. The Morgan fingerprint density at radius 3 is 3.06 bits per heavy atom. The number of H-pyrrole nitrogens is 1. The highest BCUT2D eigenvalue weighted by molar-refractivity contribution is 7.71. The molecule has 1 rings (SSSR count). The van der Waals surface area contributed by atoms with Gasteiger partial charge in [-0.15, -0.1) is 0 Å². The standard InChI is InChI=1S/C10H17N3O3S/c1-15-7-9-12-8(6-10(17)13-9)11-2-4-16-5-3-14/h6,14H,2-5,7H2,1H3,(H2,11,12,13,17). The van der Waals surface area contributed by atoms with Crippen molar-refractivity contribution in [2.24, 2.45) is 0 Å². The lowest BCUT2D eigenvalue weighted by molar-refractivity contribution is 0.0992. The van der Waals surface area contributed by atoms with E-state index in [0.717, 1.165) is 5.82 Å². The van der Waals surface area contributed by atoms with Gasteiger partial charge in [0.05, 0.1) is 19.8 Å². The molecule has 96 valence electrons. The number of hydrogen-bond donors (Lipinski definition) is 3. The van der Waals surface area contributed by atoms with Gasteiger partial charge in [-0.25, -0.2) is 4.98 Å². The van der Waals surface area contributed by atoms with Gasteiger partial charge in [-0.05, 0) is 0 Å². The topological polar surface area (TPSA) is 79.4 Å². The Bertz CT molecular complexity index is 383. The van der Waals surface area contributed by atoms with E-state index in [1.54, 1.807) is 13.2 Å². The number of aliphatic hydroxyl groups is 1. The van der Waals surface area contributed by atoms with Crippen LogP contribution in [0.3, 0.4) is 0 Å². The van der Waals surface area contributed by atoms with Crippen molar-refractivity contribution in [2.45, 2.75) is 6.61 Å². The lowest BCUT2D eigenvalue weighted by Crippen LogP contribution is -2.13. The van der Waals surface area contributed by atoms with Gasteiger partial charge in [0, 0.05) is 19.7 Å². The fraction of sp³-hybridized carbons (Fsp3) is 0.600. The molecule has 1 aromatic heterocycles. The number of hydrogen-bond acceptors (Lipinski definition) is 6. The molecule has 0 atom stereocenters. The van der Waals surface area contributed by atoms with E-state index in [1.807, 2.05) is 0 Å². The quantitative estimate of drug-likeness (QED) is 0.471. The number of ether oxygens (including phenoxy) is 2. The molecule has 7 heteroatoms. The van der Waals surface area contributed by atoms with Gasteiger partial charge in [-0.2, -0.15) is 0 Å². The van der Waals surface area contributed by atoms with Crippen LogP contribution < -0.4 is 5.32 Å². The van der Waals surface area contributed by atoms with Gasteiger partial charge >= 0.3 is 0 Å². The van der Waals surface area contributed by atoms with Gasteiger partial charge in [-0.1, -0.05) is 12.2 Å². The third kappa shape index (κ3) is 5.73. The summed E-state index contributed by atoms with van der Waals surface area (Å²) in [5.41, 5.74) is 0. The van der Waals surface area contributed by atoms with E-state index in [-0.39, 0.29) is 6.61 Å². The Morgan fingerprint density at radius 2 is 2.35 bits per heavy atom. The number of aliphatic hydroxyl groups excluding tert-OH is 1. The molecule has 0 radical (unpaired) electrons. The first kappa shape index (κ1) is 14.0. The maximum Gasteiger partial charge on any atom is 0.135 e. The molecule has 0 saturated heterocycles. The zero-order valence-corrected chi connectivity index (χ0v) is 10.5. The molecule has 0 aliphatic heterocycles. The maximum atomic E-state index is 8.53. The van der Waals surface area contributed by atoms with Crippen molar-refractivity contribution in [1.29, 1.82) is 0 Å². The van der Waals surface area contributed by atoms with Crippen LogP contribution in [0.4, 0.5) is 5.82 Å². The van der Waals surface area contributed by atoms with Gasteiger partial charge < -0.3 is 24.9 Å². The van der Waals surface area contributed by atoms with Crippen LogP contribution in [0.15, 0.2) is 6.07 Å². The SMILES string of the molecule is COCc1nc(=S)cc(NCCOCCO)[nH]1. The van der Waals surface area contributed by atoms with E-state index >= 15 is 0 Å². The molecule has 0 amide bonds. The third-order valence-electron chi connectivity index (χ3n) is 1.87. The number of anilines is 1. The lowest BCUT2D eigenvalue weighted by atomic mass is 10.5. The monoisotopic (exact) mass is 259 g/mol. The van der Waals surface area contributed by atoms with Gasteiger partial charge in [0.2, 0.25) is 0 Å². The molecule has 0 unspecified atom stereocenters. The van der Waals surface area contributed by atoms with Crippen molar-refractivity contribution in [3.63, 3.8) is 0 Å². The van der Waals surface area contributed by atoms with Crippen LogP contribution in [0.2, 0.25) is 0 Å². The zero-order valence-electron chi connectivity index (χ0n) is 9.73. The summed E-state index contributed by atoms with van der Waals surface area (Å²) < 4.78 is 10.6. The molecule has 0 aliphatic rings. The summed E-state index contributed by atoms with van der Waals surface area (Å²) in [5, 5.41) is 11.6. The van der Waals surface area contributed by atoms with Crippen LogP contribution in [0, 0.1) is 4.64 Å². The summed E-state index contributed by atoms with van der Waals surface area (Å²) in [5.74, 6) is 1.46. The van der Waals surface area contributed by atoms with Crippen molar-refractivity contribution in [3.05, 3.63) is 16.5 Å². The molecule has 1 aromatic rings. The number of methoxy groups -OCH3 is 1. The summed E-state index contributed by atoms with van der Waals surface area (Å²) in [6, 6.07) is 1.74. The highest BCUT2D eigenvalue weighted by Gasteiger charge is 1.98. The van der Waals surface area contributed by atoms with Crippen molar-refractivity contribution >= 4 is 18.0 Å². The van der Waals surface area contributed by atoms with Gasteiger partial charge in [0.1, 0.15) is 22.9 Å². The Hall–Kier alpha value is -1.02. The fourth-order valence-corrected chi connectivity index (χ4v) is 1.46. The molecule has 0 aromatic carbocycles. The minimum Gasteiger partial charge on any atom is -0.394 e. The average Bonchev–Trinajstić information content (AvgIpc) is 2.28. The van der Waals surface area contributed by atoms with Crippen LogP contribution in [0.1, 0.15) is 5.82 Å². The predicted molar refractivity (Wildman–Crippen MR) is 66.5 cm³/mol. The van der Waals surface area contributed by atoms with Crippen molar-refractivity contribution in [3.8, 4) is 0 Å². The number of aromatic nitrogens is 2. The Balaban J connectivity index is 2.44. The number of rotatable bonds is 8. The molecule has 0 bridgehead atoms. The first-order chi connectivity index (χ1) is 8.26. The van der Waals surface area contributed by atoms with E-state index in [4.69, 9.17) is 26.8 Å². The Kier molecular flexibility index (Phi) is 6.71. The molecule has 17 heavy (non-hydrogen) atoms. The third-order valence-corrected chi connectivity index (χ3v) is 2.08. The lowest BCUT2D eigenvalue weighted by Gasteiger charge is -2.08. The summed E-state index contributed by atoms with van der Waals surface area (Å²) in [6.45, 7) is 1.92. The van der Waals surface area contributed by atoms with Gasteiger partial charge in [-0.3, -0.25) is 0 Å². The van der Waals surface area contributed by atoms with E-state index in [9.17, 15) is 0 Å². The molecule has 3 N–H and O–H groups in total.